The molecule has 0 radical (unpaired) electrons. The van der Waals surface area contributed by atoms with Crippen molar-refractivity contribution >= 4 is 5.91 Å². The molecular formula is C16H19N3O. The van der Waals surface area contributed by atoms with Gasteiger partial charge < -0.3 is 11.1 Å². The summed E-state index contributed by atoms with van der Waals surface area (Å²) in [5, 5.41) is 2.91. The van der Waals surface area contributed by atoms with Crippen molar-refractivity contribution in [2.75, 3.05) is 0 Å². The Bertz CT molecular complexity index is 542. The van der Waals surface area contributed by atoms with E-state index in [-0.39, 0.29) is 11.9 Å². The highest BCUT2D eigenvalue weighted by molar-refractivity contribution is 5.82. The highest BCUT2D eigenvalue weighted by atomic mass is 16.2. The number of carbonyl (C=O) groups excluding carboxylic acids is 1. The van der Waals surface area contributed by atoms with Crippen molar-refractivity contribution in [1.29, 1.82) is 0 Å². The summed E-state index contributed by atoms with van der Waals surface area (Å²) < 4.78 is 0. The average molecular weight is 269 g/mol. The zero-order chi connectivity index (χ0) is 14.4. The molecule has 2 aromatic rings. The maximum atomic E-state index is 12.1. The summed E-state index contributed by atoms with van der Waals surface area (Å²) in [6, 6.07) is 12.9. The van der Waals surface area contributed by atoms with Crippen LogP contribution in [-0.4, -0.2) is 16.9 Å². The maximum Gasteiger partial charge on any atom is 0.237 e. The van der Waals surface area contributed by atoms with Gasteiger partial charge in [-0.1, -0.05) is 36.4 Å². The summed E-state index contributed by atoms with van der Waals surface area (Å²) in [5.41, 5.74) is 7.97. The fraction of sp³-hybridized carbons (Fsp3) is 0.250. The normalized spacial score (nSPS) is 13.5. The number of benzene rings is 1. The third-order valence-electron chi connectivity index (χ3n) is 3.18. The molecule has 4 heteroatoms. The Balaban J connectivity index is 1.91. The van der Waals surface area contributed by atoms with Crippen molar-refractivity contribution in [3.63, 3.8) is 0 Å². The number of carbonyl (C=O) groups is 1. The molecule has 0 fully saturated rings. The van der Waals surface area contributed by atoms with Crippen LogP contribution in [0.25, 0.3) is 0 Å². The van der Waals surface area contributed by atoms with E-state index < -0.39 is 6.04 Å². The molecule has 1 aromatic carbocycles. The lowest BCUT2D eigenvalue weighted by Crippen LogP contribution is -2.42. The van der Waals surface area contributed by atoms with Crippen LogP contribution in [0.2, 0.25) is 0 Å². The van der Waals surface area contributed by atoms with E-state index in [2.05, 4.69) is 10.3 Å². The van der Waals surface area contributed by atoms with Crippen molar-refractivity contribution in [3.05, 3.63) is 66.0 Å². The molecule has 1 aromatic heterocycles. The Labute approximate surface area is 119 Å². The van der Waals surface area contributed by atoms with E-state index in [1.807, 2.05) is 49.4 Å². The van der Waals surface area contributed by atoms with Gasteiger partial charge in [0, 0.05) is 12.4 Å². The van der Waals surface area contributed by atoms with Gasteiger partial charge in [0.15, 0.2) is 0 Å². The van der Waals surface area contributed by atoms with Crippen molar-refractivity contribution < 1.29 is 4.79 Å². The molecule has 0 aliphatic carbocycles. The molecule has 0 saturated heterocycles. The molecule has 3 N–H and O–H groups in total. The Morgan fingerprint density at radius 1 is 1.25 bits per heavy atom. The lowest BCUT2D eigenvalue weighted by atomic mass is 10.1. The second-order valence-electron chi connectivity index (χ2n) is 4.81. The number of aromatic nitrogens is 1. The minimum atomic E-state index is -0.545. The van der Waals surface area contributed by atoms with Gasteiger partial charge in [-0.15, -0.1) is 0 Å². The number of nitrogens with zero attached hydrogens (tertiary/aromatic N) is 1. The first-order valence-electron chi connectivity index (χ1n) is 6.66. The first kappa shape index (κ1) is 14.2. The molecule has 0 spiro atoms. The molecule has 4 nitrogen and oxygen atoms in total. The van der Waals surface area contributed by atoms with Crippen molar-refractivity contribution in [2.45, 2.75) is 25.4 Å². The van der Waals surface area contributed by atoms with Crippen LogP contribution in [0.15, 0.2) is 54.9 Å². The molecule has 1 unspecified atom stereocenters. The van der Waals surface area contributed by atoms with Crippen LogP contribution in [0.1, 0.15) is 24.1 Å². The molecule has 0 aliphatic heterocycles. The van der Waals surface area contributed by atoms with Gasteiger partial charge in [-0.3, -0.25) is 9.78 Å². The van der Waals surface area contributed by atoms with Crippen LogP contribution in [-0.2, 0) is 11.2 Å². The van der Waals surface area contributed by atoms with E-state index in [0.29, 0.717) is 6.42 Å². The summed E-state index contributed by atoms with van der Waals surface area (Å²) >= 11 is 0. The summed E-state index contributed by atoms with van der Waals surface area (Å²) in [5.74, 6) is -0.148. The Kier molecular flexibility index (Phi) is 4.85. The van der Waals surface area contributed by atoms with Gasteiger partial charge in [0.05, 0.1) is 12.1 Å². The summed E-state index contributed by atoms with van der Waals surface area (Å²) in [6.45, 7) is 1.92. The van der Waals surface area contributed by atoms with Crippen molar-refractivity contribution in [1.82, 2.24) is 10.3 Å². The molecule has 1 amide bonds. The molecular weight excluding hydrogens is 250 g/mol. The lowest BCUT2D eigenvalue weighted by molar-refractivity contribution is -0.123. The minimum Gasteiger partial charge on any atom is -0.348 e. The largest absolute Gasteiger partial charge is 0.348 e. The Hall–Kier alpha value is -2.20. The summed E-state index contributed by atoms with van der Waals surface area (Å²) in [4.78, 5) is 16.1. The molecule has 0 bridgehead atoms. The van der Waals surface area contributed by atoms with Crippen molar-refractivity contribution in [3.8, 4) is 0 Å². The number of amides is 1. The molecule has 2 rings (SSSR count). The van der Waals surface area contributed by atoms with Gasteiger partial charge in [-0.25, -0.2) is 0 Å². The van der Waals surface area contributed by atoms with Crippen LogP contribution in [0, 0.1) is 0 Å². The van der Waals surface area contributed by atoms with E-state index in [4.69, 9.17) is 5.73 Å². The van der Waals surface area contributed by atoms with Gasteiger partial charge in [0.25, 0.3) is 0 Å². The van der Waals surface area contributed by atoms with Crippen LogP contribution < -0.4 is 11.1 Å². The van der Waals surface area contributed by atoms with Crippen molar-refractivity contribution in [2.24, 2.45) is 5.73 Å². The molecule has 0 aliphatic rings. The average Bonchev–Trinajstić information content (AvgIpc) is 2.49. The molecule has 104 valence electrons. The highest BCUT2D eigenvalue weighted by Crippen LogP contribution is 2.10. The quantitative estimate of drug-likeness (QED) is 0.870. The molecule has 1 heterocycles. The van der Waals surface area contributed by atoms with Crippen LogP contribution in [0.5, 0.6) is 0 Å². The van der Waals surface area contributed by atoms with Gasteiger partial charge in [0.2, 0.25) is 5.91 Å². The maximum absolute atomic E-state index is 12.1. The van der Waals surface area contributed by atoms with Crippen LogP contribution in [0.3, 0.4) is 0 Å². The number of nitrogens with one attached hydrogen (secondary N) is 1. The fourth-order valence-electron chi connectivity index (χ4n) is 2.00. The van der Waals surface area contributed by atoms with E-state index >= 15 is 0 Å². The minimum absolute atomic E-state index is 0.0991. The number of nitrogens with two attached hydrogens (primary N) is 1. The SMILES string of the molecule is CC(NC(=O)[C@H](N)Cc1ccccc1)c1cccnc1. The van der Waals surface area contributed by atoms with E-state index in [0.717, 1.165) is 11.1 Å². The standard InChI is InChI=1S/C16H19N3O/c1-12(14-8-5-9-18-11-14)19-16(20)15(17)10-13-6-3-2-4-7-13/h2-9,11-12,15H,10,17H2,1H3,(H,19,20)/t12?,15-/m1/s1. The number of rotatable bonds is 5. The Morgan fingerprint density at radius 2 is 2.00 bits per heavy atom. The predicted molar refractivity (Wildman–Crippen MR) is 78.9 cm³/mol. The van der Waals surface area contributed by atoms with E-state index in [1.54, 1.807) is 12.4 Å². The van der Waals surface area contributed by atoms with Gasteiger partial charge in [-0.2, -0.15) is 0 Å². The Morgan fingerprint density at radius 3 is 2.65 bits per heavy atom. The lowest BCUT2D eigenvalue weighted by Gasteiger charge is -2.17. The fourth-order valence-corrected chi connectivity index (χ4v) is 2.00. The number of hydrogen-bond donors (Lipinski definition) is 2. The predicted octanol–water partition coefficient (Wildman–Crippen LogP) is 1.83. The second kappa shape index (κ2) is 6.82. The van der Waals surface area contributed by atoms with Gasteiger partial charge in [0.1, 0.15) is 0 Å². The summed E-state index contributed by atoms with van der Waals surface area (Å²) in [6.07, 6.45) is 3.99. The molecule has 0 saturated carbocycles. The number of hydrogen-bond acceptors (Lipinski definition) is 3. The zero-order valence-corrected chi connectivity index (χ0v) is 11.5. The van der Waals surface area contributed by atoms with Gasteiger partial charge in [-0.05, 0) is 30.5 Å². The smallest absolute Gasteiger partial charge is 0.237 e. The number of pyridine rings is 1. The third kappa shape index (κ3) is 3.90. The zero-order valence-electron chi connectivity index (χ0n) is 11.5. The third-order valence-corrected chi connectivity index (χ3v) is 3.18. The van der Waals surface area contributed by atoms with E-state index in [9.17, 15) is 4.79 Å². The molecule has 20 heavy (non-hydrogen) atoms. The summed E-state index contributed by atoms with van der Waals surface area (Å²) in [7, 11) is 0. The highest BCUT2D eigenvalue weighted by Gasteiger charge is 2.16. The molecule has 2 atom stereocenters. The second-order valence-corrected chi connectivity index (χ2v) is 4.81. The first-order valence-corrected chi connectivity index (χ1v) is 6.66. The van der Waals surface area contributed by atoms with E-state index in [1.165, 1.54) is 0 Å². The van der Waals surface area contributed by atoms with Crippen LogP contribution >= 0.6 is 0 Å². The topological polar surface area (TPSA) is 68.0 Å². The first-order chi connectivity index (χ1) is 9.66. The van der Waals surface area contributed by atoms with Gasteiger partial charge >= 0.3 is 0 Å². The van der Waals surface area contributed by atoms with Crippen LogP contribution in [0.4, 0.5) is 0 Å². The monoisotopic (exact) mass is 269 g/mol.